The van der Waals surface area contributed by atoms with E-state index in [1.54, 1.807) is 6.08 Å². The number of aliphatic hydroxyl groups excluding tert-OH is 1. The predicted octanol–water partition coefficient (Wildman–Crippen LogP) is 6.56. The Balaban J connectivity index is 4.16. The van der Waals surface area contributed by atoms with Crippen LogP contribution in [0.15, 0.2) is 12.2 Å². The highest BCUT2D eigenvalue weighted by atomic mass is 31.2. The van der Waals surface area contributed by atoms with Gasteiger partial charge in [0.05, 0.1) is 18.8 Å². The van der Waals surface area contributed by atoms with Gasteiger partial charge in [-0.3, -0.25) is 9.32 Å². The standard InChI is InChI=1S/C26H52NO6P/c1-3-5-7-9-10-11-12-13-14-15-16-18-19-21-25(28)24(23-33-34(30,31)32)27-26(29)22-20-17-8-6-4-2/h19,21,24-25,28H,3-18,20,22-23H2,1-2H3,(H,27,29)(H2,30,31,32)/b21-19+/t24-,25+/m1/s1. The summed E-state index contributed by atoms with van der Waals surface area (Å²) < 4.78 is 15.6. The normalized spacial score (nSPS) is 13.9. The van der Waals surface area contributed by atoms with E-state index in [1.165, 1.54) is 57.8 Å². The first kappa shape index (κ1) is 33.3. The molecule has 1 amide bonds. The van der Waals surface area contributed by atoms with Crippen LogP contribution in [-0.4, -0.2) is 39.6 Å². The molecule has 8 heteroatoms. The number of nitrogens with one attached hydrogen (secondary N) is 1. The van der Waals surface area contributed by atoms with Crippen LogP contribution in [0.5, 0.6) is 0 Å². The Hall–Kier alpha value is -0.720. The van der Waals surface area contributed by atoms with Crippen LogP contribution in [0, 0.1) is 0 Å². The second-order valence-corrected chi connectivity index (χ2v) is 10.6. The van der Waals surface area contributed by atoms with E-state index in [0.717, 1.165) is 51.4 Å². The lowest BCUT2D eigenvalue weighted by atomic mass is 10.0. The topological polar surface area (TPSA) is 116 Å². The molecule has 0 aliphatic heterocycles. The number of aliphatic hydroxyl groups is 1. The molecule has 0 aromatic heterocycles. The van der Waals surface area contributed by atoms with Gasteiger partial charge < -0.3 is 20.2 Å². The third kappa shape index (κ3) is 23.0. The molecule has 34 heavy (non-hydrogen) atoms. The van der Waals surface area contributed by atoms with Gasteiger partial charge in [-0.2, -0.15) is 0 Å². The first-order valence-corrected chi connectivity index (χ1v) is 15.2. The number of unbranched alkanes of at least 4 members (excludes halogenated alkanes) is 15. The van der Waals surface area contributed by atoms with Gasteiger partial charge in [0, 0.05) is 6.42 Å². The van der Waals surface area contributed by atoms with Crippen molar-refractivity contribution in [3.63, 3.8) is 0 Å². The monoisotopic (exact) mass is 505 g/mol. The highest BCUT2D eigenvalue weighted by Crippen LogP contribution is 2.35. The average Bonchev–Trinajstić information content (AvgIpc) is 2.78. The van der Waals surface area contributed by atoms with E-state index in [4.69, 9.17) is 9.79 Å². The number of allylic oxidation sites excluding steroid dienone is 1. The second-order valence-electron chi connectivity index (χ2n) is 9.37. The molecule has 4 N–H and O–H groups in total. The van der Waals surface area contributed by atoms with Crippen LogP contribution in [-0.2, 0) is 13.9 Å². The summed E-state index contributed by atoms with van der Waals surface area (Å²) in [7, 11) is -4.68. The van der Waals surface area contributed by atoms with Crippen LogP contribution < -0.4 is 5.32 Å². The van der Waals surface area contributed by atoms with Crippen molar-refractivity contribution in [2.45, 2.75) is 142 Å². The van der Waals surface area contributed by atoms with Crippen molar-refractivity contribution in [2.24, 2.45) is 0 Å². The van der Waals surface area contributed by atoms with Crippen LogP contribution in [0.3, 0.4) is 0 Å². The second kappa shape index (κ2) is 22.7. The minimum Gasteiger partial charge on any atom is -0.387 e. The average molecular weight is 506 g/mol. The molecule has 0 fully saturated rings. The fourth-order valence-corrected chi connectivity index (χ4v) is 4.22. The van der Waals surface area contributed by atoms with E-state index in [9.17, 15) is 14.5 Å². The molecule has 0 radical (unpaired) electrons. The Morgan fingerprint density at radius 1 is 0.824 bits per heavy atom. The Kier molecular flexibility index (Phi) is 22.2. The van der Waals surface area contributed by atoms with Crippen LogP contribution in [0.25, 0.3) is 0 Å². The summed E-state index contributed by atoms with van der Waals surface area (Å²) in [5.41, 5.74) is 0. The molecule has 0 heterocycles. The van der Waals surface area contributed by atoms with E-state index in [0.29, 0.717) is 6.42 Å². The zero-order valence-electron chi connectivity index (χ0n) is 21.8. The van der Waals surface area contributed by atoms with Crippen molar-refractivity contribution < 1.29 is 28.8 Å². The van der Waals surface area contributed by atoms with Crippen molar-refractivity contribution in [3.8, 4) is 0 Å². The number of rotatable bonds is 24. The minimum absolute atomic E-state index is 0.242. The Morgan fingerprint density at radius 2 is 1.29 bits per heavy atom. The molecule has 0 rings (SSSR count). The summed E-state index contributed by atoms with van der Waals surface area (Å²) in [5.74, 6) is -0.242. The molecule has 0 aliphatic rings. The summed E-state index contributed by atoms with van der Waals surface area (Å²) >= 11 is 0. The first-order chi connectivity index (χ1) is 16.3. The maximum atomic E-state index is 12.2. The lowest BCUT2D eigenvalue weighted by Crippen LogP contribution is -2.45. The smallest absolute Gasteiger partial charge is 0.387 e. The molecule has 0 aromatic carbocycles. The third-order valence-electron chi connectivity index (χ3n) is 6.00. The van der Waals surface area contributed by atoms with Crippen LogP contribution >= 0.6 is 7.82 Å². The maximum Gasteiger partial charge on any atom is 0.469 e. The van der Waals surface area contributed by atoms with E-state index in [2.05, 4.69) is 23.7 Å². The lowest BCUT2D eigenvalue weighted by Gasteiger charge is -2.22. The molecule has 0 aliphatic carbocycles. The molecule has 7 nitrogen and oxygen atoms in total. The van der Waals surface area contributed by atoms with Gasteiger partial charge in [0.1, 0.15) is 0 Å². The molecular weight excluding hydrogens is 453 g/mol. The van der Waals surface area contributed by atoms with Gasteiger partial charge in [0.25, 0.3) is 0 Å². The zero-order chi connectivity index (χ0) is 25.5. The predicted molar refractivity (Wildman–Crippen MR) is 140 cm³/mol. The molecule has 0 aromatic rings. The molecule has 0 unspecified atom stereocenters. The number of carbonyl (C=O) groups is 1. The molecule has 0 bridgehead atoms. The number of hydrogen-bond donors (Lipinski definition) is 4. The molecule has 0 spiro atoms. The number of phosphoric ester groups is 1. The van der Waals surface area contributed by atoms with Crippen molar-refractivity contribution in [3.05, 3.63) is 12.2 Å². The van der Waals surface area contributed by atoms with Gasteiger partial charge >= 0.3 is 7.82 Å². The minimum atomic E-state index is -4.68. The van der Waals surface area contributed by atoms with Crippen molar-refractivity contribution >= 4 is 13.7 Å². The summed E-state index contributed by atoms with van der Waals surface area (Å²) in [6.45, 7) is 3.92. The Bertz CT molecular complexity index is 551. The highest BCUT2D eigenvalue weighted by molar-refractivity contribution is 7.46. The molecule has 0 saturated heterocycles. The fraction of sp³-hybridized carbons (Fsp3) is 0.885. The van der Waals surface area contributed by atoms with Gasteiger partial charge in [-0.1, -0.05) is 116 Å². The van der Waals surface area contributed by atoms with Crippen LogP contribution in [0.4, 0.5) is 0 Å². The first-order valence-electron chi connectivity index (χ1n) is 13.6. The fourth-order valence-electron chi connectivity index (χ4n) is 3.87. The molecular formula is C26H52NO6P. The number of carbonyl (C=O) groups excluding carboxylic acids is 1. The van der Waals surface area contributed by atoms with Crippen LogP contribution in [0.1, 0.15) is 129 Å². The lowest BCUT2D eigenvalue weighted by molar-refractivity contribution is -0.123. The molecule has 202 valence electrons. The summed E-state index contributed by atoms with van der Waals surface area (Å²) in [5, 5.41) is 13.1. The highest BCUT2D eigenvalue weighted by Gasteiger charge is 2.24. The molecule has 0 saturated carbocycles. The van der Waals surface area contributed by atoms with E-state index in [1.807, 2.05) is 6.08 Å². The summed E-state index contributed by atoms with van der Waals surface area (Å²) in [6.07, 6.45) is 22.7. The SMILES string of the molecule is CCCCCCCCCCCCC/C=C/[C@H](O)[C@@H](COP(=O)(O)O)NC(=O)CCCCCCC. The van der Waals surface area contributed by atoms with E-state index in [-0.39, 0.29) is 5.91 Å². The summed E-state index contributed by atoms with van der Waals surface area (Å²) in [6, 6.07) is -0.899. The largest absolute Gasteiger partial charge is 0.469 e. The van der Waals surface area contributed by atoms with Gasteiger partial charge in [0.2, 0.25) is 5.91 Å². The Morgan fingerprint density at radius 3 is 1.79 bits per heavy atom. The Labute approximate surface area is 208 Å². The summed E-state index contributed by atoms with van der Waals surface area (Å²) in [4.78, 5) is 30.2. The quantitative estimate of drug-likeness (QED) is 0.0671. The van der Waals surface area contributed by atoms with Gasteiger partial charge in [-0.05, 0) is 19.3 Å². The zero-order valence-corrected chi connectivity index (χ0v) is 22.7. The molecule has 2 atom stereocenters. The van der Waals surface area contributed by atoms with E-state index >= 15 is 0 Å². The number of amides is 1. The van der Waals surface area contributed by atoms with Crippen molar-refractivity contribution in [1.82, 2.24) is 5.32 Å². The van der Waals surface area contributed by atoms with Crippen molar-refractivity contribution in [1.29, 1.82) is 0 Å². The van der Waals surface area contributed by atoms with Gasteiger partial charge in [-0.15, -0.1) is 0 Å². The van der Waals surface area contributed by atoms with Crippen molar-refractivity contribution in [2.75, 3.05) is 6.61 Å². The maximum absolute atomic E-state index is 12.2. The number of hydrogen-bond acceptors (Lipinski definition) is 4. The van der Waals surface area contributed by atoms with E-state index < -0.39 is 26.6 Å². The van der Waals surface area contributed by atoms with Crippen LogP contribution in [0.2, 0.25) is 0 Å². The number of phosphoric acid groups is 1. The van der Waals surface area contributed by atoms with Gasteiger partial charge in [-0.25, -0.2) is 4.57 Å². The third-order valence-corrected chi connectivity index (χ3v) is 6.48. The van der Waals surface area contributed by atoms with Gasteiger partial charge in [0.15, 0.2) is 0 Å².